The molecule has 0 saturated carbocycles. The van der Waals surface area contributed by atoms with E-state index in [0.717, 1.165) is 12.2 Å². The highest BCUT2D eigenvalue weighted by Gasteiger charge is 2.23. The third-order valence-electron chi connectivity index (χ3n) is 1.23. The van der Waals surface area contributed by atoms with E-state index in [2.05, 4.69) is 6.42 Å². The molecule has 0 amide bonds. The zero-order valence-corrected chi connectivity index (χ0v) is 5.20. The molecule has 1 aliphatic rings. The summed E-state index contributed by atoms with van der Waals surface area (Å²) in [5.74, 6) is 0.890. The van der Waals surface area contributed by atoms with Crippen LogP contribution in [0.15, 0.2) is 0 Å². The van der Waals surface area contributed by atoms with Gasteiger partial charge in [0, 0.05) is 12.8 Å². The van der Waals surface area contributed by atoms with Crippen molar-refractivity contribution in [3.05, 3.63) is 6.42 Å². The molecule has 1 heterocycles. The highest BCUT2D eigenvalue weighted by atomic mass is 32.2. The zero-order valence-electron chi connectivity index (χ0n) is 4.39. The first kappa shape index (κ1) is 5.45. The fourth-order valence-corrected chi connectivity index (χ4v) is 1.80. The van der Waals surface area contributed by atoms with Gasteiger partial charge in [-0.25, -0.2) is 0 Å². The van der Waals surface area contributed by atoms with Crippen molar-refractivity contribution < 1.29 is 4.55 Å². The summed E-state index contributed by atoms with van der Waals surface area (Å²) in [6, 6.07) is 0. The Labute approximate surface area is 47.3 Å². The van der Waals surface area contributed by atoms with E-state index in [1.165, 1.54) is 0 Å². The number of hydrogen-bond acceptors (Lipinski definition) is 1. The van der Waals surface area contributed by atoms with Gasteiger partial charge in [-0.05, 0) is 6.92 Å². The standard InChI is InChI=1S/C5H9OS/c1-5-3-2-4-7(5)6/h3,5H,2,4H2,1H3. The van der Waals surface area contributed by atoms with Crippen LogP contribution in [-0.4, -0.2) is 15.6 Å². The van der Waals surface area contributed by atoms with Crippen molar-refractivity contribution in [2.24, 2.45) is 0 Å². The molecule has 1 fully saturated rings. The van der Waals surface area contributed by atoms with Gasteiger partial charge in [0.05, 0.1) is 0 Å². The minimum Gasteiger partial charge on any atom is -0.616 e. The number of rotatable bonds is 0. The molecule has 1 nitrogen and oxygen atoms in total. The first-order chi connectivity index (χ1) is 3.30. The van der Waals surface area contributed by atoms with Crippen molar-refractivity contribution in [1.29, 1.82) is 0 Å². The SMILES string of the molecule is CC1[CH]CC[S+]1[O-]. The van der Waals surface area contributed by atoms with Crippen LogP contribution in [0.3, 0.4) is 0 Å². The van der Waals surface area contributed by atoms with Crippen LogP contribution in [0.5, 0.6) is 0 Å². The Morgan fingerprint density at radius 2 is 2.57 bits per heavy atom. The highest BCUT2D eigenvalue weighted by Crippen LogP contribution is 2.17. The fourth-order valence-electron chi connectivity index (χ4n) is 0.712. The monoisotopic (exact) mass is 117 g/mol. The van der Waals surface area contributed by atoms with Gasteiger partial charge in [0.15, 0.2) is 0 Å². The van der Waals surface area contributed by atoms with Gasteiger partial charge >= 0.3 is 0 Å². The Hall–Kier alpha value is 0.310. The first-order valence-electron chi connectivity index (χ1n) is 2.51. The van der Waals surface area contributed by atoms with Crippen molar-refractivity contribution >= 4 is 11.2 Å². The topological polar surface area (TPSA) is 23.1 Å². The molecule has 7 heavy (non-hydrogen) atoms. The minimum absolute atomic E-state index is 0.361. The van der Waals surface area contributed by atoms with Gasteiger partial charge < -0.3 is 4.55 Å². The van der Waals surface area contributed by atoms with Crippen molar-refractivity contribution in [1.82, 2.24) is 0 Å². The van der Waals surface area contributed by atoms with Gasteiger partial charge in [-0.1, -0.05) is 11.2 Å². The van der Waals surface area contributed by atoms with Crippen LogP contribution >= 0.6 is 0 Å². The van der Waals surface area contributed by atoms with E-state index in [1.54, 1.807) is 0 Å². The summed E-state index contributed by atoms with van der Waals surface area (Å²) in [5, 5.41) is 0.361. The van der Waals surface area contributed by atoms with E-state index in [0.29, 0.717) is 5.25 Å². The predicted octanol–water partition coefficient (Wildman–Crippen LogP) is 0.732. The molecule has 41 valence electrons. The van der Waals surface area contributed by atoms with Gasteiger partial charge in [0.2, 0.25) is 0 Å². The Kier molecular flexibility index (Phi) is 1.60. The van der Waals surface area contributed by atoms with Gasteiger partial charge in [-0.15, -0.1) is 0 Å². The molecule has 1 rings (SSSR count). The van der Waals surface area contributed by atoms with Crippen molar-refractivity contribution in [2.45, 2.75) is 18.6 Å². The van der Waals surface area contributed by atoms with Gasteiger partial charge in [0.1, 0.15) is 11.0 Å². The molecule has 2 unspecified atom stereocenters. The maximum absolute atomic E-state index is 10.7. The lowest BCUT2D eigenvalue weighted by Gasteiger charge is -2.05. The van der Waals surface area contributed by atoms with Crippen LogP contribution in [0.2, 0.25) is 0 Å². The fraction of sp³-hybridized carbons (Fsp3) is 0.800. The van der Waals surface area contributed by atoms with E-state index >= 15 is 0 Å². The third kappa shape index (κ3) is 1.10. The molecule has 2 atom stereocenters. The summed E-state index contributed by atoms with van der Waals surface area (Å²) in [6.45, 7) is 2.00. The van der Waals surface area contributed by atoms with E-state index in [-0.39, 0.29) is 0 Å². The average Bonchev–Trinajstić information content (AvgIpc) is 1.91. The molecule has 1 radical (unpaired) electrons. The molecule has 1 aliphatic heterocycles. The molecule has 0 aliphatic carbocycles. The largest absolute Gasteiger partial charge is 0.616 e. The Morgan fingerprint density at radius 3 is 2.71 bits per heavy atom. The summed E-state index contributed by atoms with van der Waals surface area (Å²) >= 11 is -0.523. The smallest absolute Gasteiger partial charge is 0.116 e. The second kappa shape index (κ2) is 2.05. The van der Waals surface area contributed by atoms with Crippen LogP contribution in [0.4, 0.5) is 0 Å². The summed E-state index contributed by atoms with van der Waals surface area (Å²) < 4.78 is 10.7. The molecule has 2 heteroatoms. The second-order valence-corrected chi connectivity index (χ2v) is 3.73. The Morgan fingerprint density at radius 1 is 1.86 bits per heavy atom. The first-order valence-corrected chi connectivity index (χ1v) is 3.89. The maximum atomic E-state index is 10.7. The van der Waals surface area contributed by atoms with Gasteiger partial charge in [0.25, 0.3) is 0 Å². The molecule has 0 aromatic heterocycles. The van der Waals surface area contributed by atoms with Crippen LogP contribution < -0.4 is 0 Å². The van der Waals surface area contributed by atoms with Crippen LogP contribution in [-0.2, 0) is 11.2 Å². The maximum Gasteiger partial charge on any atom is 0.116 e. The lowest BCUT2D eigenvalue weighted by atomic mass is 10.3. The van der Waals surface area contributed by atoms with E-state index in [1.807, 2.05) is 6.92 Å². The molecule has 0 N–H and O–H groups in total. The van der Waals surface area contributed by atoms with Gasteiger partial charge in [-0.3, -0.25) is 0 Å². The molecule has 0 aromatic carbocycles. The predicted molar refractivity (Wildman–Crippen MR) is 31.4 cm³/mol. The summed E-state index contributed by atoms with van der Waals surface area (Å²) in [6.07, 6.45) is 3.17. The van der Waals surface area contributed by atoms with Crippen molar-refractivity contribution in [3.8, 4) is 0 Å². The van der Waals surface area contributed by atoms with Crippen LogP contribution in [0, 0.1) is 6.42 Å². The molecular formula is C5H9OS. The van der Waals surface area contributed by atoms with Crippen LogP contribution in [0.1, 0.15) is 13.3 Å². The van der Waals surface area contributed by atoms with E-state index in [4.69, 9.17) is 0 Å². The number of hydrogen-bond donors (Lipinski definition) is 0. The minimum atomic E-state index is -0.523. The summed E-state index contributed by atoms with van der Waals surface area (Å²) in [4.78, 5) is 0. The van der Waals surface area contributed by atoms with E-state index in [9.17, 15) is 4.55 Å². The molecule has 0 bridgehead atoms. The molecule has 1 saturated heterocycles. The second-order valence-electron chi connectivity index (χ2n) is 1.81. The summed E-state index contributed by atoms with van der Waals surface area (Å²) in [5.41, 5.74) is 0. The quantitative estimate of drug-likeness (QED) is 0.429. The third-order valence-corrected chi connectivity index (χ3v) is 2.89. The Bertz CT molecular complexity index is 57.1. The van der Waals surface area contributed by atoms with Crippen molar-refractivity contribution in [3.63, 3.8) is 0 Å². The highest BCUT2D eigenvalue weighted by molar-refractivity contribution is 7.92. The van der Waals surface area contributed by atoms with Gasteiger partial charge in [-0.2, -0.15) is 0 Å². The molecular weight excluding hydrogens is 108 g/mol. The lowest BCUT2D eigenvalue weighted by Crippen LogP contribution is -2.10. The van der Waals surface area contributed by atoms with Crippen molar-refractivity contribution in [2.75, 3.05) is 5.75 Å². The zero-order chi connectivity index (χ0) is 5.28. The molecule has 0 spiro atoms. The Balaban J connectivity index is 2.33. The molecule has 0 aromatic rings. The van der Waals surface area contributed by atoms with E-state index < -0.39 is 11.2 Å². The normalized spacial score (nSPS) is 42.0. The lowest BCUT2D eigenvalue weighted by molar-refractivity contribution is 0.595. The summed E-state index contributed by atoms with van der Waals surface area (Å²) in [7, 11) is 0. The van der Waals surface area contributed by atoms with Crippen LogP contribution in [0.25, 0.3) is 0 Å². The average molecular weight is 117 g/mol.